The van der Waals surface area contributed by atoms with Gasteiger partial charge in [-0.25, -0.2) is 4.39 Å². The molecule has 4 nitrogen and oxygen atoms in total. The summed E-state index contributed by atoms with van der Waals surface area (Å²) in [5.74, 6) is -0.276. The summed E-state index contributed by atoms with van der Waals surface area (Å²) >= 11 is 0. The molecule has 5 heteroatoms. The molecule has 1 aliphatic carbocycles. The molecule has 4 rings (SSSR count). The zero-order chi connectivity index (χ0) is 18.6. The quantitative estimate of drug-likeness (QED) is 0.846. The summed E-state index contributed by atoms with van der Waals surface area (Å²) in [7, 11) is 0. The molecule has 2 aromatic carbocycles. The van der Waals surface area contributed by atoms with Crippen LogP contribution in [-0.4, -0.2) is 43.0 Å². The van der Waals surface area contributed by atoms with Gasteiger partial charge in [-0.3, -0.25) is 9.69 Å². The number of piperazine rings is 1. The first kappa shape index (κ1) is 18.0. The minimum absolute atomic E-state index is 0.0230. The first-order chi connectivity index (χ1) is 13.2. The Morgan fingerprint density at radius 3 is 2.26 bits per heavy atom. The lowest BCUT2D eigenvalue weighted by molar-refractivity contribution is -0.116. The van der Waals surface area contributed by atoms with E-state index in [-0.39, 0.29) is 11.7 Å². The molecule has 2 aromatic rings. The molecule has 142 valence electrons. The molecule has 27 heavy (non-hydrogen) atoms. The van der Waals surface area contributed by atoms with Gasteiger partial charge >= 0.3 is 0 Å². The molecule has 0 bridgehead atoms. The van der Waals surface area contributed by atoms with Crippen LogP contribution in [-0.2, 0) is 11.2 Å². The maximum atomic E-state index is 12.9. The molecule has 2 aliphatic rings. The molecule has 0 atom stereocenters. The van der Waals surface area contributed by atoms with Gasteiger partial charge in [0.25, 0.3) is 0 Å². The van der Waals surface area contributed by atoms with E-state index in [9.17, 15) is 9.18 Å². The van der Waals surface area contributed by atoms with Gasteiger partial charge in [-0.15, -0.1) is 0 Å². The van der Waals surface area contributed by atoms with Crippen molar-refractivity contribution in [2.45, 2.75) is 31.7 Å². The van der Waals surface area contributed by atoms with Crippen LogP contribution < -0.4 is 10.2 Å². The molecule has 0 unspecified atom stereocenters. The summed E-state index contributed by atoms with van der Waals surface area (Å²) < 4.78 is 12.9. The number of halogens is 1. The van der Waals surface area contributed by atoms with Crippen molar-refractivity contribution in [3.05, 3.63) is 59.9 Å². The fourth-order valence-corrected chi connectivity index (χ4v) is 3.67. The average Bonchev–Trinajstić information content (AvgIpc) is 3.54. The number of anilines is 2. The van der Waals surface area contributed by atoms with Gasteiger partial charge in [0.15, 0.2) is 0 Å². The van der Waals surface area contributed by atoms with E-state index >= 15 is 0 Å². The van der Waals surface area contributed by atoms with Crippen molar-refractivity contribution in [3.63, 3.8) is 0 Å². The molecular weight excluding hydrogens is 341 g/mol. The summed E-state index contributed by atoms with van der Waals surface area (Å²) in [6, 6.07) is 15.3. The van der Waals surface area contributed by atoms with Crippen molar-refractivity contribution >= 4 is 17.3 Å². The highest BCUT2D eigenvalue weighted by Crippen LogP contribution is 2.28. The number of aryl methyl sites for hydroxylation is 1. The highest BCUT2D eigenvalue weighted by Gasteiger charge is 2.31. The third kappa shape index (κ3) is 4.86. The Kier molecular flexibility index (Phi) is 5.39. The number of nitrogens with zero attached hydrogens (tertiary/aromatic N) is 2. The first-order valence-corrected chi connectivity index (χ1v) is 9.81. The lowest BCUT2D eigenvalue weighted by Gasteiger charge is -2.36. The van der Waals surface area contributed by atoms with Crippen LogP contribution >= 0.6 is 0 Å². The normalized spacial score (nSPS) is 17.7. The van der Waals surface area contributed by atoms with Crippen molar-refractivity contribution in [3.8, 4) is 0 Å². The summed E-state index contributed by atoms with van der Waals surface area (Å²) in [6.07, 6.45) is 3.73. The third-order valence-electron chi connectivity index (χ3n) is 5.45. The Morgan fingerprint density at radius 1 is 0.963 bits per heavy atom. The van der Waals surface area contributed by atoms with E-state index in [0.29, 0.717) is 12.8 Å². The summed E-state index contributed by atoms with van der Waals surface area (Å²) in [5, 5.41) is 2.94. The maximum absolute atomic E-state index is 12.9. The lowest BCUT2D eigenvalue weighted by atomic mass is 10.1. The predicted octanol–water partition coefficient (Wildman–Crippen LogP) is 3.68. The minimum Gasteiger partial charge on any atom is -0.369 e. The van der Waals surface area contributed by atoms with Crippen LogP contribution in [0.4, 0.5) is 15.8 Å². The van der Waals surface area contributed by atoms with Gasteiger partial charge in [0, 0.05) is 50.0 Å². The van der Waals surface area contributed by atoms with E-state index < -0.39 is 0 Å². The fourth-order valence-electron chi connectivity index (χ4n) is 3.67. The second kappa shape index (κ2) is 8.09. The van der Waals surface area contributed by atoms with E-state index in [1.165, 1.54) is 30.7 Å². The number of rotatable bonds is 6. The van der Waals surface area contributed by atoms with Gasteiger partial charge in [0.05, 0.1) is 0 Å². The van der Waals surface area contributed by atoms with E-state index in [2.05, 4.69) is 27.2 Å². The number of hydrogen-bond acceptors (Lipinski definition) is 3. The second-order valence-electron chi connectivity index (χ2n) is 7.48. The Hall–Kier alpha value is -2.40. The SMILES string of the molecule is O=C(CCc1ccc(F)cc1)Nc1ccc(N2CCN(C3CC3)CC2)cc1. The van der Waals surface area contributed by atoms with Crippen LogP contribution in [0, 0.1) is 5.82 Å². The van der Waals surface area contributed by atoms with Crippen LogP contribution in [0.1, 0.15) is 24.8 Å². The molecular formula is C22H26FN3O. The zero-order valence-electron chi connectivity index (χ0n) is 15.5. The molecule has 0 spiro atoms. The molecule has 1 saturated carbocycles. The Morgan fingerprint density at radius 2 is 1.63 bits per heavy atom. The lowest BCUT2D eigenvalue weighted by Crippen LogP contribution is -2.47. The van der Waals surface area contributed by atoms with Gasteiger partial charge in [0.1, 0.15) is 5.82 Å². The highest BCUT2D eigenvalue weighted by molar-refractivity contribution is 5.91. The maximum Gasteiger partial charge on any atom is 0.224 e. The van der Waals surface area contributed by atoms with Crippen molar-refractivity contribution in [1.29, 1.82) is 0 Å². The van der Waals surface area contributed by atoms with Crippen LogP contribution in [0.2, 0.25) is 0 Å². The minimum atomic E-state index is -0.253. The smallest absolute Gasteiger partial charge is 0.224 e. The third-order valence-corrected chi connectivity index (χ3v) is 5.45. The molecule has 1 heterocycles. The Balaban J connectivity index is 1.24. The molecule has 0 aromatic heterocycles. The Bertz CT molecular complexity index is 763. The van der Waals surface area contributed by atoms with Gasteiger partial charge in [0.2, 0.25) is 5.91 Å². The van der Waals surface area contributed by atoms with Crippen molar-refractivity contribution in [2.75, 3.05) is 36.4 Å². The highest BCUT2D eigenvalue weighted by atomic mass is 19.1. The van der Waals surface area contributed by atoms with Crippen molar-refractivity contribution < 1.29 is 9.18 Å². The molecule has 1 aliphatic heterocycles. The number of nitrogens with one attached hydrogen (secondary N) is 1. The largest absolute Gasteiger partial charge is 0.369 e. The van der Waals surface area contributed by atoms with E-state index in [1.54, 1.807) is 12.1 Å². The molecule has 1 amide bonds. The topological polar surface area (TPSA) is 35.6 Å². The predicted molar refractivity (Wildman–Crippen MR) is 107 cm³/mol. The monoisotopic (exact) mass is 367 g/mol. The second-order valence-corrected chi connectivity index (χ2v) is 7.48. The van der Waals surface area contributed by atoms with Gasteiger partial charge in [-0.2, -0.15) is 0 Å². The molecule has 2 fully saturated rings. The molecule has 1 N–H and O–H groups in total. The molecule has 0 radical (unpaired) electrons. The van der Waals surface area contributed by atoms with Crippen molar-refractivity contribution in [2.24, 2.45) is 0 Å². The van der Waals surface area contributed by atoms with Crippen LogP contribution in [0.5, 0.6) is 0 Å². The van der Waals surface area contributed by atoms with E-state index in [1.807, 2.05) is 12.1 Å². The number of benzene rings is 2. The summed E-state index contributed by atoms with van der Waals surface area (Å²) in [6.45, 7) is 4.43. The number of hydrogen-bond donors (Lipinski definition) is 1. The first-order valence-electron chi connectivity index (χ1n) is 9.81. The summed E-state index contributed by atoms with van der Waals surface area (Å²) in [5.41, 5.74) is 3.00. The van der Waals surface area contributed by atoms with Crippen LogP contribution in [0.25, 0.3) is 0 Å². The fraction of sp³-hybridized carbons (Fsp3) is 0.409. The van der Waals surface area contributed by atoms with Gasteiger partial charge < -0.3 is 10.2 Å². The van der Waals surface area contributed by atoms with Gasteiger partial charge in [-0.05, 0) is 61.2 Å². The van der Waals surface area contributed by atoms with Gasteiger partial charge in [-0.1, -0.05) is 12.1 Å². The Labute approximate surface area is 160 Å². The standard InChI is InChI=1S/C22H26FN3O/c23-18-4-1-17(2-5-18)3-12-22(27)24-19-6-8-20(9-7-19)25-13-15-26(16-14-25)21-10-11-21/h1-2,4-9,21H,3,10-16H2,(H,24,27). The van der Waals surface area contributed by atoms with Crippen LogP contribution in [0.15, 0.2) is 48.5 Å². The van der Waals surface area contributed by atoms with E-state index in [4.69, 9.17) is 0 Å². The zero-order valence-corrected chi connectivity index (χ0v) is 15.5. The van der Waals surface area contributed by atoms with Crippen LogP contribution in [0.3, 0.4) is 0 Å². The van der Waals surface area contributed by atoms with E-state index in [0.717, 1.165) is 43.5 Å². The number of carbonyl (C=O) groups is 1. The van der Waals surface area contributed by atoms with Crippen molar-refractivity contribution in [1.82, 2.24) is 4.90 Å². The summed E-state index contributed by atoms with van der Waals surface area (Å²) in [4.78, 5) is 17.2. The molecule has 1 saturated heterocycles. The average molecular weight is 367 g/mol. The number of amides is 1. The number of carbonyl (C=O) groups excluding carboxylic acids is 1.